The minimum atomic E-state index is -4.70. The van der Waals surface area contributed by atoms with Crippen LogP contribution in [0.25, 0.3) is 0 Å². The molecule has 1 saturated carbocycles. The summed E-state index contributed by atoms with van der Waals surface area (Å²) in [4.78, 5) is 25.1. The molecule has 3 rings (SSSR count). The lowest BCUT2D eigenvalue weighted by Crippen LogP contribution is -2.35. The van der Waals surface area contributed by atoms with E-state index in [0.717, 1.165) is 31.6 Å². The van der Waals surface area contributed by atoms with Crippen LogP contribution in [0, 0.1) is 5.92 Å². The van der Waals surface area contributed by atoms with Crippen LogP contribution < -0.4 is 9.47 Å². The average molecular weight is 635 g/mol. The zero-order valence-electron chi connectivity index (χ0n) is 26.7. The van der Waals surface area contributed by atoms with Crippen molar-refractivity contribution < 1.29 is 41.7 Å². The number of esters is 2. The zero-order chi connectivity index (χ0) is 32.5. The molecule has 0 aliphatic heterocycles. The molecule has 0 saturated heterocycles. The van der Waals surface area contributed by atoms with Crippen molar-refractivity contribution in [3.8, 4) is 11.5 Å². The smallest absolute Gasteiger partial charge is 0.425 e. The van der Waals surface area contributed by atoms with E-state index in [2.05, 4.69) is 19.1 Å². The molecule has 0 unspecified atom stereocenters. The molecular weight excluding hydrogens is 585 g/mol. The normalized spacial score (nSPS) is 17.4. The quantitative estimate of drug-likeness (QED) is 0.0871. The summed E-state index contributed by atoms with van der Waals surface area (Å²) in [6.07, 6.45) is 5.85. The number of benzene rings is 2. The molecule has 0 amide bonds. The van der Waals surface area contributed by atoms with E-state index in [1.54, 1.807) is 6.92 Å². The molecule has 0 radical (unpaired) electrons. The van der Waals surface area contributed by atoms with Crippen molar-refractivity contribution in [1.82, 2.24) is 0 Å². The molecule has 1 atom stereocenters. The monoisotopic (exact) mass is 634 g/mol. The highest BCUT2D eigenvalue weighted by Gasteiger charge is 2.42. The van der Waals surface area contributed by atoms with Crippen LogP contribution in [-0.2, 0) is 14.3 Å². The summed E-state index contributed by atoms with van der Waals surface area (Å²) < 4.78 is 60.9. The number of hydrogen-bond acceptors (Lipinski definition) is 6. The number of ether oxygens (including phenoxy) is 4. The number of rotatable bonds is 19. The summed E-state index contributed by atoms with van der Waals surface area (Å²) in [6.45, 7) is 4.74. The van der Waals surface area contributed by atoms with Crippen LogP contribution in [0.1, 0.15) is 119 Å². The second-order valence-corrected chi connectivity index (χ2v) is 11.8. The SMILES string of the molecule is CCCCCCCCCCOc1ccc(C2CCC(C(=O)Oc3ccc(C(=O)O[C@H](CCOCC)C(F)(F)F)cc3)CC2)cc1. The summed E-state index contributed by atoms with van der Waals surface area (Å²) in [6, 6.07) is 13.7. The lowest BCUT2D eigenvalue weighted by molar-refractivity contribution is -0.208. The topological polar surface area (TPSA) is 71.1 Å². The van der Waals surface area contributed by atoms with Crippen LogP contribution in [0.3, 0.4) is 0 Å². The van der Waals surface area contributed by atoms with Crippen LogP contribution >= 0.6 is 0 Å². The molecule has 2 aromatic rings. The van der Waals surface area contributed by atoms with Gasteiger partial charge in [-0.05, 0) is 86.9 Å². The fraction of sp³-hybridized carbons (Fsp3) is 0.611. The Bertz CT molecular complexity index is 1120. The summed E-state index contributed by atoms with van der Waals surface area (Å²) in [7, 11) is 0. The highest BCUT2D eigenvalue weighted by molar-refractivity contribution is 5.89. The molecule has 0 bridgehead atoms. The van der Waals surface area contributed by atoms with E-state index in [0.29, 0.717) is 18.8 Å². The Morgan fingerprint density at radius 1 is 0.778 bits per heavy atom. The minimum absolute atomic E-state index is 0.0643. The number of carbonyl (C=O) groups excluding carboxylic acids is 2. The van der Waals surface area contributed by atoms with Gasteiger partial charge in [-0.3, -0.25) is 4.79 Å². The summed E-state index contributed by atoms with van der Waals surface area (Å²) >= 11 is 0. The molecule has 1 aliphatic carbocycles. The molecule has 0 heterocycles. The van der Waals surface area contributed by atoms with Crippen LogP contribution in [0.2, 0.25) is 0 Å². The van der Waals surface area contributed by atoms with Crippen LogP contribution in [0.5, 0.6) is 11.5 Å². The summed E-state index contributed by atoms with van der Waals surface area (Å²) in [5.74, 6) is -0.201. The first kappa shape index (κ1) is 36.4. The first-order valence-electron chi connectivity index (χ1n) is 16.6. The van der Waals surface area contributed by atoms with Crippen molar-refractivity contribution in [2.75, 3.05) is 19.8 Å². The molecule has 45 heavy (non-hydrogen) atoms. The molecule has 9 heteroatoms. The summed E-state index contributed by atoms with van der Waals surface area (Å²) in [5.41, 5.74) is 1.18. The molecule has 250 valence electrons. The van der Waals surface area contributed by atoms with E-state index in [1.165, 1.54) is 74.8 Å². The Kier molecular flexibility index (Phi) is 15.7. The standard InChI is InChI=1S/C36H49F3O6/c1-3-5-6-7-8-9-10-11-25-43-31-20-16-28(17-21-31)27-12-14-29(15-13-27)34(40)44-32-22-18-30(19-23-32)35(41)45-33(36(37,38)39)24-26-42-4-2/h16-23,27,29,33H,3-15,24-26H2,1-2H3/t27?,29?,33-/m1/s1. The van der Waals surface area contributed by atoms with Gasteiger partial charge >= 0.3 is 18.1 Å². The van der Waals surface area contributed by atoms with Crippen LogP contribution in [0.15, 0.2) is 48.5 Å². The molecule has 1 aliphatic rings. The van der Waals surface area contributed by atoms with Crippen molar-refractivity contribution in [2.45, 2.75) is 116 Å². The van der Waals surface area contributed by atoms with E-state index in [-0.39, 0.29) is 36.4 Å². The first-order chi connectivity index (χ1) is 21.7. The largest absolute Gasteiger partial charge is 0.494 e. The maximum atomic E-state index is 13.3. The van der Waals surface area contributed by atoms with Crippen molar-refractivity contribution in [3.63, 3.8) is 0 Å². The Hall–Kier alpha value is -3.07. The molecule has 0 spiro atoms. The average Bonchev–Trinajstić information content (AvgIpc) is 3.04. The number of carbonyl (C=O) groups is 2. The molecule has 2 aromatic carbocycles. The molecule has 1 fully saturated rings. The third-order valence-electron chi connectivity index (χ3n) is 8.33. The van der Waals surface area contributed by atoms with E-state index in [9.17, 15) is 22.8 Å². The Labute approximate surface area is 266 Å². The van der Waals surface area contributed by atoms with E-state index >= 15 is 0 Å². The molecule has 0 N–H and O–H groups in total. The van der Waals surface area contributed by atoms with Gasteiger partial charge in [0, 0.05) is 13.0 Å². The van der Waals surface area contributed by atoms with Gasteiger partial charge in [-0.1, -0.05) is 64.0 Å². The van der Waals surface area contributed by atoms with E-state index in [4.69, 9.17) is 18.9 Å². The Morgan fingerprint density at radius 2 is 1.38 bits per heavy atom. The highest BCUT2D eigenvalue weighted by Crippen LogP contribution is 2.37. The maximum absolute atomic E-state index is 13.3. The fourth-order valence-corrected chi connectivity index (χ4v) is 5.60. The van der Waals surface area contributed by atoms with Gasteiger partial charge in [-0.2, -0.15) is 13.2 Å². The molecule has 0 aromatic heterocycles. The van der Waals surface area contributed by atoms with Crippen molar-refractivity contribution >= 4 is 11.9 Å². The van der Waals surface area contributed by atoms with Crippen LogP contribution in [-0.4, -0.2) is 44.0 Å². The second-order valence-electron chi connectivity index (χ2n) is 11.8. The second kappa shape index (κ2) is 19.4. The van der Waals surface area contributed by atoms with Crippen molar-refractivity contribution in [2.24, 2.45) is 5.92 Å². The minimum Gasteiger partial charge on any atom is -0.494 e. The van der Waals surface area contributed by atoms with Gasteiger partial charge in [-0.15, -0.1) is 0 Å². The fourth-order valence-electron chi connectivity index (χ4n) is 5.60. The van der Waals surface area contributed by atoms with Crippen molar-refractivity contribution in [1.29, 1.82) is 0 Å². The third kappa shape index (κ3) is 13.1. The highest BCUT2D eigenvalue weighted by atomic mass is 19.4. The van der Waals surface area contributed by atoms with Crippen LogP contribution in [0.4, 0.5) is 13.2 Å². The number of hydrogen-bond donors (Lipinski definition) is 0. The van der Waals surface area contributed by atoms with E-state index < -0.39 is 24.7 Å². The van der Waals surface area contributed by atoms with E-state index in [1.807, 2.05) is 12.1 Å². The predicted octanol–water partition coefficient (Wildman–Crippen LogP) is 9.60. The third-order valence-corrected chi connectivity index (χ3v) is 8.33. The van der Waals surface area contributed by atoms with Gasteiger partial charge < -0.3 is 18.9 Å². The maximum Gasteiger partial charge on any atom is 0.425 e. The first-order valence-corrected chi connectivity index (χ1v) is 16.6. The number of alkyl halides is 3. The Morgan fingerprint density at radius 3 is 1.98 bits per heavy atom. The van der Waals surface area contributed by atoms with Gasteiger partial charge in [0.1, 0.15) is 11.5 Å². The number of halogens is 3. The summed E-state index contributed by atoms with van der Waals surface area (Å²) in [5, 5.41) is 0. The van der Waals surface area contributed by atoms with Gasteiger partial charge in [0.2, 0.25) is 0 Å². The number of unbranched alkanes of at least 4 members (excludes halogenated alkanes) is 7. The molecule has 6 nitrogen and oxygen atoms in total. The molecular formula is C36H49F3O6. The van der Waals surface area contributed by atoms with Crippen molar-refractivity contribution in [3.05, 3.63) is 59.7 Å². The van der Waals surface area contributed by atoms with Gasteiger partial charge in [0.05, 0.1) is 24.7 Å². The zero-order valence-corrected chi connectivity index (χ0v) is 26.7. The van der Waals surface area contributed by atoms with Gasteiger partial charge in [-0.25, -0.2) is 4.79 Å². The van der Waals surface area contributed by atoms with Gasteiger partial charge in [0.25, 0.3) is 0 Å². The lowest BCUT2D eigenvalue weighted by atomic mass is 9.79. The lowest BCUT2D eigenvalue weighted by Gasteiger charge is -2.27. The predicted molar refractivity (Wildman–Crippen MR) is 168 cm³/mol. The van der Waals surface area contributed by atoms with Gasteiger partial charge in [0.15, 0.2) is 6.10 Å². The Balaban J connectivity index is 1.37.